The molecule has 0 aliphatic rings. The number of aromatic nitrogens is 2. The number of rotatable bonds is 6. The Morgan fingerprint density at radius 2 is 1.59 bits per heavy atom. The zero-order valence-corrected chi connectivity index (χ0v) is 18.6. The highest BCUT2D eigenvalue weighted by atomic mass is 35.5. The van der Waals surface area contributed by atoms with E-state index in [2.05, 4.69) is 0 Å². The van der Waals surface area contributed by atoms with E-state index in [4.69, 9.17) is 21.1 Å². The lowest BCUT2D eigenvalue weighted by Gasteiger charge is -2.00. The van der Waals surface area contributed by atoms with Crippen LogP contribution >= 0.6 is 11.6 Å². The van der Waals surface area contributed by atoms with Crippen molar-refractivity contribution in [3.05, 3.63) is 125 Å². The van der Waals surface area contributed by atoms with Crippen molar-refractivity contribution in [3.63, 3.8) is 0 Å². The highest BCUT2D eigenvalue weighted by Gasteiger charge is 2.13. The number of nitrogens with zero attached hydrogens (tertiary/aromatic N) is 2. The second-order valence-electron chi connectivity index (χ2n) is 7.59. The molecule has 0 saturated heterocycles. The van der Waals surface area contributed by atoms with Gasteiger partial charge in [0.25, 0.3) is 0 Å². The summed E-state index contributed by atoms with van der Waals surface area (Å²) in [5.74, 6) is 0.0690. The first-order valence-corrected chi connectivity index (χ1v) is 10.9. The Hall–Kier alpha value is -4.22. The first kappa shape index (κ1) is 21.6. The van der Waals surface area contributed by atoms with E-state index in [0.717, 1.165) is 22.5 Å². The van der Waals surface area contributed by atoms with Gasteiger partial charge in [0.05, 0.1) is 11.4 Å². The van der Waals surface area contributed by atoms with Crippen LogP contribution in [0.25, 0.3) is 34.3 Å². The second kappa shape index (κ2) is 9.33. The molecule has 34 heavy (non-hydrogen) atoms. The van der Waals surface area contributed by atoms with Crippen molar-refractivity contribution < 1.29 is 13.6 Å². The Morgan fingerprint density at radius 1 is 0.882 bits per heavy atom. The summed E-state index contributed by atoms with van der Waals surface area (Å²) in [5, 5.41) is 5.37. The minimum absolute atomic E-state index is 0.194. The molecule has 0 amide bonds. The molecule has 0 unspecified atom stereocenters. The van der Waals surface area contributed by atoms with Gasteiger partial charge in [-0.3, -0.25) is 4.79 Å². The monoisotopic (exact) mass is 468 g/mol. The van der Waals surface area contributed by atoms with Gasteiger partial charge in [0.1, 0.15) is 11.6 Å². The van der Waals surface area contributed by atoms with Gasteiger partial charge in [-0.1, -0.05) is 41.9 Å². The maximum Gasteiger partial charge on any atom is 0.221 e. The maximum absolute atomic E-state index is 13.2. The van der Waals surface area contributed by atoms with Gasteiger partial charge in [-0.2, -0.15) is 5.10 Å². The van der Waals surface area contributed by atoms with Gasteiger partial charge in [0.15, 0.2) is 5.76 Å². The van der Waals surface area contributed by atoms with Gasteiger partial charge in [0.2, 0.25) is 5.78 Å². The number of ketones is 1. The second-order valence-corrected chi connectivity index (χ2v) is 8.02. The Labute approximate surface area is 200 Å². The van der Waals surface area contributed by atoms with Crippen molar-refractivity contribution in [2.24, 2.45) is 0 Å². The van der Waals surface area contributed by atoms with Crippen LogP contribution in [0.3, 0.4) is 0 Å². The highest BCUT2D eigenvalue weighted by molar-refractivity contribution is 6.30. The molecular formula is C28H18ClFN2O2. The number of para-hydroxylation sites is 1. The molecule has 5 aromatic rings. The van der Waals surface area contributed by atoms with Crippen molar-refractivity contribution in [2.75, 3.05) is 0 Å². The number of halogens is 2. The van der Waals surface area contributed by atoms with E-state index in [0.29, 0.717) is 16.3 Å². The summed E-state index contributed by atoms with van der Waals surface area (Å²) in [4.78, 5) is 12.8. The molecule has 0 aliphatic carbocycles. The summed E-state index contributed by atoms with van der Waals surface area (Å²) in [6.45, 7) is 0. The highest BCUT2D eigenvalue weighted by Crippen LogP contribution is 2.27. The predicted molar refractivity (Wildman–Crippen MR) is 131 cm³/mol. The maximum atomic E-state index is 13.2. The Kier molecular flexibility index (Phi) is 5.93. The molecule has 6 heteroatoms. The van der Waals surface area contributed by atoms with Gasteiger partial charge >= 0.3 is 0 Å². The quantitative estimate of drug-likeness (QED) is 0.191. The summed E-state index contributed by atoms with van der Waals surface area (Å²) >= 11 is 6.05. The van der Waals surface area contributed by atoms with E-state index in [-0.39, 0.29) is 17.4 Å². The molecule has 2 aromatic heterocycles. The van der Waals surface area contributed by atoms with Crippen LogP contribution < -0.4 is 0 Å². The van der Waals surface area contributed by atoms with Crippen molar-refractivity contribution >= 4 is 23.5 Å². The number of hydrogen-bond donors (Lipinski definition) is 0. The van der Waals surface area contributed by atoms with Crippen LogP contribution in [0.1, 0.15) is 16.1 Å². The Bertz CT molecular complexity index is 1470. The SMILES string of the molecule is O=C(/C=C/c1cn(-c2ccccc2)nc1-c1ccc(Cl)cc1)c1ccc(-c2ccc(F)cc2)o1. The number of allylic oxidation sites excluding steroid dienone is 1. The van der Waals surface area contributed by atoms with Gasteiger partial charge in [-0.15, -0.1) is 0 Å². The average molecular weight is 469 g/mol. The predicted octanol–water partition coefficient (Wildman–Crippen LogP) is 7.49. The zero-order chi connectivity index (χ0) is 23.5. The molecule has 0 radical (unpaired) electrons. The third-order valence-electron chi connectivity index (χ3n) is 5.27. The molecular weight excluding hydrogens is 451 g/mol. The standard InChI is InChI=1S/C28H18ClFN2O2/c29-22-11-6-20(7-12-22)28-21(18-32(31-28)24-4-2-1-3-5-24)10-15-25(33)27-17-16-26(34-27)19-8-13-23(30)14-9-19/h1-18H/b15-10+. The zero-order valence-electron chi connectivity index (χ0n) is 17.9. The lowest BCUT2D eigenvalue weighted by Crippen LogP contribution is -1.93. The van der Waals surface area contributed by atoms with Crippen molar-refractivity contribution in [1.29, 1.82) is 0 Å². The van der Waals surface area contributed by atoms with Crippen molar-refractivity contribution in [2.45, 2.75) is 0 Å². The fourth-order valence-corrected chi connectivity index (χ4v) is 3.67. The number of benzene rings is 3. The lowest BCUT2D eigenvalue weighted by molar-refractivity contribution is 0.102. The smallest absolute Gasteiger partial charge is 0.221 e. The van der Waals surface area contributed by atoms with Crippen LogP contribution in [0.4, 0.5) is 4.39 Å². The fraction of sp³-hybridized carbons (Fsp3) is 0. The van der Waals surface area contributed by atoms with Gasteiger partial charge in [-0.05, 0) is 72.8 Å². The van der Waals surface area contributed by atoms with E-state index >= 15 is 0 Å². The minimum atomic E-state index is -0.331. The lowest BCUT2D eigenvalue weighted by atomic mass is 10.1. The Balaban J connectivity index is 1.45. The molecule has 0 fully saturated rings. The number of carbonyl (C=O) groups excluding carboxylic acids is 1. The molecule has 166 valence electrons. The molecule has 0 saturated carbocycles. The van der Waals surface area contributed by atoms with E-state index in [9.17, 15) is 9.18 Å². The number of hydrogen-bond acceptors (Lipinski definition) is 3. The van der Waals surface area contributed by atoms with Crippen molar-refractivity contribution in [1.82, 2.24) is 9.78 Å². The van der Waals surface area contributed by atoms with Crippen LogP contribution in [0, 0.1) is 5.82 Å². The van der Waals surface area contributed by atoms with Crippen molar-refractivity contribution in [3.8, 4) is 28.3 Å². The van der Waals surface area contributed by atoms with E-state index in [1.807, 2.05) is 48.7 Å². The molecule has 0 bridgehead atoms. The van der Waals surface area contributed by atoms with Gasteiger partial charge in [0, 0.05) is 27.9 Å². The summed E-state index contributed by atoms with van der Waals surface area (Å²) in [7, 11) is 0. The van der Waals surface area contributed by atoms with Crippen LogP contribution in [0.15, 0.2) is 108 Å². The van der Waals surface area contributed by atoms with Crippen LogP contribution in [0.5, 0.6) is 0 Å². The molecule has 4 nitrogen and oxygen atoms in total. The number of carbonyl (C=O) groups is 1. The fourth-order valence-electron chi connectivity index (χ4n) is 3.54. The summed E-state index contributed by atoms with van der Waals surface area (Å²) in [6, 6.07) is 26.3. The summed E-state index contributed by atoms with van der Waals surface area (Å²) in [6.07, 6.45) is 5.05. The average Bonchev–Trinajstić information content (AvgIpc) is 3.52. The molecule has 0 N–H and O–H groups in total. The molecule has 0 spiro atoms. The summed E-state index contributed by atoms with van der Waals surface area (Å²) in [5.41, 5.74) is 3.96. The third kappa shape index (κ3) is 4.60. The molecule has 2 heterocycles. The largest absolute Gasteiger partial charge is 0.453 e. The van der Waals surface area contributed by atoms with Gasteiger partial charge < -0.3 is 4.42 Å². The van der Waals surface area contributed by atoms with Crippen LogP contribution in [0.2, 0.25) is 5.02 Å². The molecule has 0 atom stereocenters. The normalized spacial score (nSPS) is 11.2. The molecule has 0 aliphatic heterocycles. The minimum Gasteiger partial charge on any atom is -0.453 e. The van der Waals surface area contributed by atoms with E-state index in [1.54, 1.807) is 47.2 Å². The first-order valence-electron chi connectivity index (χ1n) is 10.6. The number of furan rings is 1. The third-order valence-corrected chi connectivity index (χ3v) is 5.52. The molecule has 5 rings (SSSR count). The first-order chi connectivity index (χ1) is 16.6. The van der Waals surface area contributed by atoms with Crippen LogP contribution in [-0.2, 0) is 0 Å². The topological polar surface area (TPSA) is 48.0 Å². The summed E-state index contributed by atoms with van der Waals surface area (Å²) < 4.78 is 20.7. The van der Waals surface area contributed by atoms with E-state index in [1.165, 1.54) is 18.2 Å². The molecule has 3 aromatic carbocycles. The van der Waals surface area contributed by atoms with E-state index < -0.39 is 0 Å². The van der Waals surface area contributed by atoms with Crippen LogP contribution in [-0.4, -0.2) is 15.6 Å². The Morgan fingerprint density at radius 3 is 2.32 bits per heavy atom. The van der Waals surface area contributed by atoms with Gasteiger partial charge in [-0.25, -0.2) is 9.07 Å².